The number of amides is 1. The van der Waals surface area contributed by atoms with Gasteiger partial charge in [-0.15, -0.1) is 0 Å². The van der Waals surface area contributed by atoms with Gasteiger partial charge in [0.15, 0.2) is 0 Å². The number of unbranched alkanes of at least 4 members (excludes halogenated alkanes) is 1. The van der Waals surface area contributed by atoms with Crippen LogP contribution in [0, 0.1) is 0 Å². The second-order valence-corrected chi connectivity index (χ2v) is 4.44. The highest BCUT2D eigenvalue weighted by atomic mass is 16.5. The summed E-state index contributed by atoms with van der Waals surface area (Å²) in [5.74, 6) is -0.636. The standard InChI is InChI=1S/C14H23NO3/c1-6-7-8-12(18-14(17)11(4)5)9-15-13(16)10(2)3/h12H,2,4,6-9H2,1,3,5H3,(H,15,16). The molecule has 0 bridgehead atoms. The SMILES string of the molecule is C=C(C)C(=O)NCC(CCCC)OC(=O)C(=C)C. The van der Waals surface area contributed by atoms with Gasteiger partial charge in [0, 0.05) is 11.1 Å². The summed E-state index contributed by atoms with van der Waals surface area (Å²) in [6, 6.07) is 0. The monoisotopic (exact) mass is 253 g/mol. The van der Waals surface area contributed by atoms with E-state index >= 15 is 0 Å². The molecule has 0 radical (unpaired) electrons. The van der Waals surface area contributed by atoms with Crippen molar-refractivity contribution in [2.24, 2.45) is 0 Å². The molecule has 1 atom stereocenters. The van der Waals surface area contributed by atoms with Crippen molar-refractivity contribution in [3.8, 4) is 0 Å². The number of carbonyl (C=O) groups is 2. The summed E-state index contributed by atoms with van der Waals surface area (Å²) in [6.07, 6.45) is 2.37. The minimum absolute atomic E-state index is 0.220. The van der Waals surface area contributed by atoms with Crippen molar-refractivity contribution in [2.45, 2.75) is 46.1 Å². The van der Waals surface area contributed by atoms with Crippen LogP contribution in [0.4, 0.5) is 0 Å². The predicted molar refractivity (Wildman–Crippen MR) is 72.0 cm³/mol. The van der Waals surface area contributed by atoms with Crippen LogP contribution >= 0.6 is 0 Å². The first-order valence-electron chi connectivity index (χ1n) is 6.18. The summed E-state index contributed by atoms with van der Waals surface area (Å²) in [6.45, 7) is 12.7. The van der Waals surface area contributed by atoms with Crippen LogP contribution in [0.5, 0.6) is 0 Å². The highest BCUT2D eigenvalue weighted by Gasteiger charge is 2.15. The summed E-state index contributed by atoms with van der Waals surface area (Å²) in [4.78, 5) is 22.8. The number of esters is 1. The molecule has 0 rings (SSSR count). The number of hydrogen-bond donors (Lipinski definition) is 1. The Labute approximate surface area is 109 Å². The van der Waals surface area contributed by atoms with Gasteiger partial charge in [-0.3, -0.25) is 4.79 Å². The fourth-order valence-electron chi connectivity index (χ4n) is 1.24. The molecule has 0 spiro atoms. The molecule has 0 aliphatic heterocycles. The third kappa shape index (κ3) is 6.89. The number of hydrogen-bond acceptors (Lipinski definition) is 3. The zero-order valence-corrected chi connectivity index (χ0v) is 11.5. The molecular formula is C14H23NO3. The van der Waals surface area contributed by atoms with Crippen molar-refractivity contribution in [3.05, 3.63) is 24.3 Å². The van der Waals surface area contributed by atoms with E-state index in [1.54, 1.807) is 13.8 Å². The van der Waals surface area contributed by atoms with Gasteiger partial charge in [0.05, 0.1) is 6.54 Å². The van der Waals surface area contributed by atoms with E-state index in [9.17, 15) is 9.59 Å². The molecule has 0 fully saturated rings. The first-order valence-corrected chi connectivity index (χ1v) is 6.18. The van der Waals surface area contributed by atoms with E-state index in [0.29, 0.717) is 17.7 Å². The van der Waals surface area contributed by atoms with E-state index in [-0.39, 0.29) is 12.0 Å². The van der Waals surface area contributed by atoms with E-state index in [2.05, 4.69) is 25.4 Å². The maximum absolute atomic E-state index is 11.4. The van der Waals surface area contributed by atoms with Crippen LogP contribution in [0.3, 0.4) is 0 Å². The van der Waals surface area contributed by atoms with Crippen molar-refractivity contribution >= 4 is 11.9 Å². The number of carbonyl (C=O) groups excluding carboxylic acids is 2. The van der Waals surface area contributed by atoms with Gasteiger partial charge in [0.1, 0.15) is 6.10 Å². The van der Waals surface area contributed by atoms with Gasteiger partial charge in [0.25, 0.3) is 0 Å². The van der Waals surface area contributed by atoms with E-state index in [1.807, 2.05) is 0 Å². The Morgan fingerprint density at radius 1 is 1.22 bits per heavy atom. The molecule has 0 aromatic rings. The van der Waals surface area contributed by atoms with Gasteiger partial charge in [-0.25, -0.2) is 4.79 Å². The zero-order chi connectivity index (χ0) is 14.1. The van der Waals surface area contributed by atoms with Gasteiger partial charge in [-0.05, 0) is 26.7 Å². The molecule has 0 aromatic heterocycles. The van der Waals surface area contributed by atoms with Gasteiger partial charge in [-0.1, -0.05) is 26.5 Å². The molecule has 18 heavy (non-hydrogen) atoms. The topological polar surface area (TPSA) is 55.4 Å². The Morgan fingerprint density at radius 2 is 1.83 bits per heavy atom. The molecule has 4 heteroatoms. The lowest BCUT2D eigenvalue weighted by molar-refractivity contribution is -0.145. The summed E-state index contributed by atoms with van der Waals surface area (Å²) >= 11 is 0. The maximum Gasteiger partial charge on any atom is 0.333 e. The average molecular weight is 253 g/mol. The van der Waals surface area contributed by atoms with Crippen molar-refractivity contribution in [2.75, 3.05) is 6.54 Å². The minimum Gasteiger partial charge on any atom is -0.457 e. The van der Waals surface area contributed by atoms with Gasteiger partial charge >= 0.3 is 5.97 Å². The molecule has 0 aliphatic rings. The van der Waals surface area contributed by atoms with Crippen LogP contribution in [0.2, 0.25) is 0 Å². The van der Waals surface area contributed by atoms with Crippen LogP contribution in [-0.4, -0.2) is 24.5 Å². The molecule has 0 heterocycles. The van der Waals surface area contributed by atoms with Gasteiger partial charge in [-0.2, -0.15) is 0 Å². The Morgan fingerprint density at radius 3 is 2.28 bits per heavy atom. The van der Waals surface area contributed by atoms with E-state index in [0.717, 1.165) is 19.3 Å². The molecular weight excluding hydrogens is 230 g/mol. The molecule has 102 valence electrons. The predicted octanol–water partition coefficient (Wildman–Crippen LogP) is 2.36. The molecule has 4 nitrogen and oxygen atoms in total. The lowest BCUT2D eigenvalue weighted by Crippen LogP contribution is -2.35. The fourth-order valence-corrected chi connectivity index (χ4v) is 1.24. The summed E-state index contributed by atoms with van der Waals surface area (Å²) in [5, 5.41) is 2.69. The maximum atomic E-state index is 11.4. The second kappa shape index (κ2) is 8.50. The number of ether oxygens (including phenoxy) is 1. The Bertz CT molecular complexity index is 334. The zero-order valence-electron chi connectivity index (χ0n) is 11.5. The number of nitrogens with one attached hydrogen (secondary N) is 1. The largest absolute Gasteiger partial charge is 0.457 e. The smallest absolute Gasteiger partial charge is 0.333 e. The Kier molecular flexibility index (Phi) is 7.76. The first kappa shape index (κ1) is 16.4. The van der Waals surface area contributed by atoms with E-state index in [4.69, 9.17) is 4.74 Å². The molecule has 1 amide bonds. The Hall–Kier alpha value is -1.58. The van der Waals surface area contributed by atoms with E-state index < -0.39 is 5.97 Å². The van der Waals surface area contributed by atoms with Crippen molar-refractivity contribution in [1.82, 2.24) is 5.32 Å². The molecule has 1 N–H and O–H groups in total. The normalized spacial score (nSPS) is 11.5. The summed E-state index contributed by atoms with van der Waals surface area (Å²) in [7, 11) is 0. The van der Waals surface area contributed by atoms with Crippen molar-refractivity contribution < 1.29 is 14.3 Å². The van der Waals surface area contributed by atoms with E-state index in [1.165, 1.54) is 0 Å². The molecule has 0 saturated carbocycles. The summed E-state index contributed by atoms with van der Waals surface area (Å²) in [5.41, 5.74) is 0.804. The third-order valence-electron chi connectivity index (χ3n) is 2.38. The van der Waals surface area contributed by atoms with Crippen LogP contribution in [0.15, 0.2) is 24.3 Å². The highest BCUT2D eigenvalue weighted by molar-refractivity contribution is 5.92. The molecule has 0 aliphatic carbocycles. The number of rotatable bonds is 8. The van der Waals surface area contributed by atoms with Crippen LogP contribution in [0.1, 0.15) is 40.0 Å². The molecule has 0 aromatic carbocycles. The van der Waals surface area contributed by atoms with Gasteiger partial charge < -0.3 is 10.1 Å². The molecule has 0 saturated heterocycles. The molecule has 1 unspecified atom stereocenters. The van der Waals surface area contributed by atoms with Crippen LogP contribution in [0.25, 0.3) is 0 Å². The van der Waals surface area contributed by atoms with Crippen LogP contribution in [-0.2, 0) is 14.3 Å². The lowest BCUT2D eigenvalue weighted by Gasteiger charge is -2.18. The first-order chi connectivity index (χ1) is 8.38. The van der Waals surface area contributed by atoms with Crippen LogP contribution < -0.4 is 5.32 Å². The second-order valence-electron chi connectivity index (χ2n) is 4.44. The van der Waals surface area contributed by atoms with Crippen molar-refractivity contribution in [1.29, 1.82) is 0 Å². The lowest BCUT2D eigenvalue weighted by atomic mass is 10.1. The Balaban J connectivity index is 4.30. The average Bonchev–Trinajstić information content (AvgIpc) is 2.31. The minimum atomic E-state index is -0.416. The highest BCUT2D eigenvalue weighted by Crippen LogP contribution is 2.07. The quantitative estimate of drug-likeness (QED) is 0.533. The van der Waals surface area contributed by atoms with Gasteiger partial charge in [0.2, 0.25) is 5.91 Å². The third-order valence-corrected chi connectivity index (χ3v) is 2.38. The summed E-state index contributed by atoms with van der Waals surface area (Å²) < 4.78 is 5.26. The van der Waals surface area contributed by atoms with Crippen molar-refractivity contribution in [3.63, 3.8) is 0 Å². The fraction of sp³-hybridized carbons (Fsp3) is 0.571.